The largest absolute Gasteiger partial charge is 0.360 e. The molecule has 114 valence electrons. The van der Waals surface area contributed by atoms with Gasteiger partial charge in [-0.15, -0.1) is 10.2 Å². The zero-order valence-electron chi connectivity index (χ0n) is 12.9. The van der Waals surface area contributed by atoms with Gasteiger partial charge in [-0.2, -0.15) is 0 Å². The smallest absolute Gasteiger partial charge is 0.205 e. The van der Waals surface area contributed by atoms with Crippen molar-refractivity contribution >= 4 is 16.5 Å². The minimum atomic E-state index is 0.637. The Bertz CT molecular complexity index is 395. The van der Waals surface area contributed by atoms with Crippen LogP contribution in [-0.4, -0.2) is 59.3 Å². The van der Waals surface area contributed by atoms with E-state index in [9.17, 15) is 0 Å². The Morgan fingerprint density at radius 3 is 2.90 bits per heavy atom. The lowest BCUT2D eigenvalue weighted by atomic mass is 10.2. The molecular weight excluding hydrogens is 270 g/mol. The Balaban J connectivity index is 1.94. The summed E-state index contributed by atoms with van der Waals surface area (Å²) in [6.45, 7) is 9.89. The first kappa shape index (κ1) is 15.7. The highest BCUT2D eigenvalue weighted by atomic mass is 32.1. The van der Waals surface area contributed by atoms with E-state index >= 15 is 0 Å². The standard InChI is InChI=1S/C14H27N5S/c1-4-7-15-14-17-16-13(20-14)11-19-9-6-8-18(3)10-12(19)5-2/h12H,4-11H2,1-3H3,(H,15,17). The van der Waals surface area contributed by atoms with Gasteiger partial charge in [-0.1, -0.05) is 25.2 Å². The van der Waals surface area contributed by atoms with Gasteiger partial charge >= 0.3 is 0 Å². The van der Waals surface area contributed by atoms with Gasteiger partial charge in [0.1, 0.15) is 5.01 Å². The Labute approximate surface area is 126 Å². The number of hydrogen-bond acceptors (Lipinski definition) is 6. The first-order chi connectivity index (χ1) is 9.72. The maximum absolute atomic E-state index is 4.33. The van der Waals surface area contributed by atoms with Gasteiger partial charge in [0.05, 0.1) is 6.54 Å². The predicted molar refractivity (Wildman–Crippen MR) is 85.3 cm³/mol. The Kier molecular flexibility index (Phi) is 6.19. The summed E-state index contributed by atoms with van der Waals surface area (Å²) in [6.07, 6.45) is 3.56. The van der Waals surface area contributed by atoms with Gasteiger partial charge in [0, 0.05) is 25.7 Å². The van der Waals surface area contributed by atoms with E-state index in [0.717, 1.165) is 36.2 Å². The molecule has 6 heteroatoms. The monoisotopic (exact) mass is 297 g/mol. The summed E-state index contributed by atoms with van der Waals surface area (Å²) in [5.74, 6) is 0. The fourth-order valence-corrected chi connectivity index (χ4v) is 3.47. The normalized spacial score (nSPS) is 21.9. The highest BCUT2D eigenvalue weighted by molar-refractivity contribution is 7.15. The number of rotatable bonds is 6. The van der Waals surface area contributed by atoms with Crippen LogP contribution in [-0.2, 0) is 6.54 Å². The molecule has 5 nitrogen and oxygen atoms in total. The summed E-state index contributed by atoms with van der Waals surface area (Å²) in [5, 5.41) is 14.0. The van der Waals surface area contributed by atoms with Gasteiger partial charge < -0.3 is 10.2 Å². The third-order valence-corrected chi connectivity index (χ3v) is 4.69. The molecule has 20 heavy (non-hydrogen) atoms. The van der Waals surface area contributed by atoms with Crippen molar-refractivity contribution in [1.29, 1.82) is 0 Å². The molecule has 1 saturated heterocycles. The molecule has 2 rings (SSSR count). The summed E-state index contributed by atoms with van der Waals surface area (Å²) in [4.78, 5) is 5.02. The minimum absolute atomic E-state index is 0.637. The molecular formula is C14H27N5S. The number of nitrogens with one attached hydrogen (secondary N) is 1. The van der Waals surface area contributed by atoms with Crippen LogP contribution < -0.4 is 5.32 Å². The SMILES string of the molecule is CCCNc1nnc(CN2CCCN(C)CC2CC)s1. The van der Waals surface area contributed by atoms with E-state index in [-0.39, 0.29) is 0 Å². The Morgan fingerprint density at radius 1 is 1.30 bits per heavy atom. The van der Waals surface area contributed by atoms with Crippen LogP contribution in [0, 0.1) is 0 Å². The Hall–Kier alpha value is -0.720. The molecule has 1 atom stereocenters. The highest BCUT2D eigenvalue weighted by Gasteiger charge is 2.23. The second kappa shape index (κ2) is 7.90. The molecule has 1 aromatic rings. The van der Waals surface area contributed by atoms with Crippen LogP contribution in [0.4, 0.5) is 5.13 Å². The molecule has 1 N–H and O–H groups in total. The second-order valence-electron chi connectivity index (χ2n) is 5.58. The van der Waals surface area contributed by atoms with Crippen molar-refractivity contribution < 1.29 is 0 Å². The molecule has 0 amide bonds. The minimum Gasteiger partial charge on any atom is -0.360 e. The summed E-state index contributed by atoms with van der Waals surface area (Å²) in [5.41, 5.74) is 0. The van der Waals surface area contributed by atoms with Crippen LogP contribution in [0.1, 0.15) is 38.1 Å². The number of hydrogen-bond donors (Lipinski definition) is 1. The fourth-order valence-electron chi connectivity index (χ4n) is 2.68. The van der Waals surface area contributed by atoms with Crippen LogP contribution in [0.15, 0.2) is 0 Å². The van der Waals surface area contributed by atoms with Crippen LogP contribution >= 0.6 is 11.3 Å². The molecule has 0 spiro atoms. The zero-order chi connectivity index (χ0) is 14.4. The number of anilines is 1. The van der Waals surface area contributed by atoms with Gasteiger partial charge in [0.2, 0.25) is 5.13 Å². The van der Waals surface area contributed by atoms with Crippen molar-refractivity contribution in [2.45, 2.75) is 45.7 Å². The third-order valence-electron chi connectivity index (χ3n) is 3.83. The van der Waals surface area contributed by atoms with E-state index in [4.69, 9.17) is 0 Å². The van der Waals surface area contributed by atoms with Gasteiger partial charge in [-0.25, -0.2) is 0 Å². The Morgan fingerprint density at radius 2 is 2.15 bits per heavy atom. The number of nitrogens with zero attached hydrogens (tertiary/aromatic N) is 4. The predicted octanol–water partition coefficient (Wildman–Crippen LogP) is 2.28. The van der Waals surface area contributed by atoms with Crippen molar-refractivity contribution in [1.82, 2.24) is 20.0 Å². The van der Waals surface area contributed by atoms with Crippen LogP contribution in [0.2, 0.25) is 0 Å². The molecule has 0 aliphatic carbocycles. The average Bonchev–Trinajstić information content (AvgIpc) is 2.81. The third kappa shape index (κ3) is 4.40. The summed E-state index contributed by atoms with van der Waals surface area (Å²) in [6, 6.07) is 0.637. The lowest BCUT2D eigenvalue weighted by molar-refractivity contribution is 0.175. The molecule has 1 aliphatic heterocycles. The van der Waals surface area contributed by atoms with E-state index in [1.54, 1.807) is 11.3 Å². The zero-order valence-corrected chi connectivity index (χ0v) is 13.7. The first-order valence-electron chi connectivity index (χ1n) is 7.71. The lowest BCUT2D eigenvalue weighted by Crippen LogP contribution is -2.39. The molecule has 0 saturated carbocycles. The van der Waals surface area contributed by atoms with Crippen molar-refractivity contribution in [2.75, 3.05) is 38.5 Å². The summed E-state index contributed by atoms with van der Waals surface area (Å²) >= 11 is 1.70. The lowest BCUT2D eigenvalue weighted by Gasteiger charge is -2.29. The van der Waals surface area contributed by atoms with Gasteiger partial charge in [-0.05, 0) is 32.9 Å². The van der Waals surface area contributed by atoms with Crippen LogP contribution in [0.3, 0.4) is 0 Å². The van der Waals surface area contributed by atoms with Crippen LogP contribution in [0.5, 0.6) is 0 Å². The van der Waals surface area contributed by atoms with Gasteiger partial charge in [0.25, 0.3) is 0 Å². The number of aromatic nitrogens is 2. The van der Waals surface area contributed by atoms with Crippen molar-refractivity contribution in [2.24, 2.45) is 0 Å². The fraction of sp³-hybridized carbons (Fsp3) is 0.857. The van der Waals surface area contributed by atoms with Crippen molar-refractivity contribution in [3.63, 3.8) is 0 Å². The maximum Gasteiger partial charge on any atom is 0.205 e. The summed E-state index contributed by atoms with van der Waals surface area (Å²) < 4.78 is 0. The van der Waals surface area contributed by atoms with E-state index in [0.29, 0.717) is 6.04 Å². The molecule has 1 fully saturated rings. The van der Waals surface area contributed by atoms with E-state index in [2.05, 4.69) is 46.2 Å². The van der Waals surface area contributed by atoms with Gasteiger partial charge in [0.15, 0.2) is 0 Å². The van der Waals surface area contributed by atoms with Crippen molar-refractivity contribution in [3.05, 3.63) is 5.01 Å². The summed E-state index contributed by atoms with van der Waals surface area (Å²) in [7, 11) is 2.23. The number of likely N-dealkylation sites (N-methyl/N-ethyl adjacent to an activating group) is 1. The molecule has 2 heterocycles. The maximum atomic E-state index is 4.33. The first-order valence-corrected chi connectivity index (χ1v) is 8.53. The van der Waals surface area contributed by atoms with Crippen molar-refractivity contribution in [3.8, 4) is 0 Å². The van der Waals surface area contributed by atoms with Gasteiger partial charge in [-0.3, -0.25) is 4.90 Å². The molecule has 1 unspecified atom stereocenters. The highest BCUT2D eigenvalue weighted by Crippen LogP contribution is 2.20. The van der Waals surface area contributed by atoms with E-state index in [1.165, 1.54) is 25.9 Å². The average molecular weight is 297 g/mol. The van der Waals surface area contributed by atoms with E-state index < -0.39 is 0 Å². The molecule has 1 aromatic heterocycles. The molecule has 0 radical (unpaired) electrons. The molecule has 1 aliphatic rings. The van der Waals surface area contributed by atoms with E-state index in [1.807, 2.05) is 0 Å². The second-order valence-corrected chi connectivity index (χ2v) is 6.64. The molecule has 0 bridgehead atoms. The molecule has 0 aromatic carbocycles. The quantitative estimate of drug-likeness (QED) is 0.872. The topological polar surface area (TPSA) is 44.3 Å². The van der Waals surface area contributed by atoms with Crippen LogP contribution in [0.25, 0.3) is 0 Å².